The molecule has 1 heterocycles. The Morgan fingerprint density at radius 2 is 1.82 bits per heavy atom. The Morgan fingerprint density at radius 1 is 1.12 bits per heavy atom. The highest BCUT2D eigenvalue weighted by Gasteiger charge is 2.51. The molecule has 2 saturated carbocycles. The lowest BCUT2D eigenvalue weighted by Gasteiger charge is -2.30. The summed E-state index contributed by atoms with van der Waals surface area (Å²) in [6.45, 7) is 8.81. The topological polar surface area (TPSA) is 29.5 Å². The van der Waals surface area contributed by atoms with Crippen LogP contribution in [-0.2, 0) is 4.74 Å². The maximum Gasteiger partial charge on any atom is 0.177 e. The van der Waals surface area contributed by atoms with Gasteiger partial charge in [0.15, 0.2) is 6.29 Å². The van der Waals surface area contributed by atoms with Crippen molar-refractivity contribution in [1.82, 2.24) is 0 Å². The summed E-state index contributed by atoms with van der Waals surface area (Å²) >= 11 is 0. The summed E-state index contributed by atoms with van der Waals surface area (Å²) < 4.78 is 5.85. The highest BCUT2D eigenvalue weighted by molar-refractivity contribution is 5.15. The summed E-state index contributed by atoms with van der Waals surface area (Å²) in [5.74, 6) is 3.41. The lowest BCUT2D eigenvalue weighted by Crippen LogP contribution is -2.32. The van der Waals surface area contributed by atoms with E-state index in [0.717, 1.165) is 29.7 Å². The van der Waals surface area contributed by atoms with Gasteiger partial charge in [-0.05, 0) is 48.5 Å². The van der Waals surface area contributed by atoms with Gasteiger partial charge < -0.3 is 9.84 Å². The number of aliphatic hydroxyl groups is 1. The van der Waals surface area contributed by atoms with E-state index in [1.54, 1.807) is 0 Å². The first-order valence-electron chi connectivity index (χ1n) is 7.11. The predicted molar refractivity (Wildman–Crippen MR) is 67.3 cm³/mol. The molecule has 2 nitrogen and oxygen atoms in total. The van der Waals surface area contributed by atoms with Crippen molar-refractivity contribution in [1.29, 1.82) is 0 Å². The standard InChI is InChI=1S/C15H24O2/c1-8-4-7-12-10(3)15(16)17-14(12)13-9(2)5-6-11(8)13/h8-9,11-16H,3-7H2,1-2H3. The van der Waals surface area contributed by atoms with Gasteiger partial charge in [-0.1, -0.05) is 26.8 Å². The number of hydrogen-bond acceptors (Lipinski definition) is 2. The maximum absolute atomic E-state index is 9.87. The molecule has 1 saturated heterocycles. The van der Waals surface area contributed by atoms with Crippen molar-refractivity contribution >= 4 is 0 Å². The van der Waals surface area contributed by atoms with Gasteiger partial charge >= 0.3 is 0 Å². The molecule has 17 heavy (non-hydrogen) atoms. The molecule has 0 aromatic carbocycles. The number of ether oxygens (including phenoxy) is 1. The van der Waals surface area contributed by atoms with Gasteiger partial charge in [-0.15, -0.1) is 0 Å². The Balaban J connectivity index is 1.92. The minimum absolute atomic E-state index is 0.241. The fourth-order valence-corrected chi connectivity index (χ4v) is 4.58. The molecule has 2 aliphatic carbocycles. The van der Waals surface area contributed by atoms with Crippen molar-refractivity contribution in [3.05, 3.63) is 12.2 Å². The number of hydrogen-bond donors (Lipinski definition) is 1. The second-order valence-electron chi connectivity index (χ2n) is 6.48. The molecule has 0 radical (unpaired) electrons. The SMILES string of the molecule is C=C1C(O)OC2C1CCC(C)C1CCC(C)C12. The van der Waals surface area contributed by atoms with Crippen LogP contribution in [0.4, 0.5) is 0 Å². The molecular weight excluding hydrogens is 212 g/mol. The summed E-state index contributed by atoms with van der Waals surface area (Å²) in [7, 11) is 0. The molecule has 0 bridgehead atoms. The van der Waals surface area contributed by atoms with Gasteiger partial charge in [0.2, 0.25) is 0 Å². The van der Waals surface area contributed by atoms with Gasteiger partial charge in [0, 0.05) is 5.92 Å². The van der Waals surface area contributed by atoms with E-state index in [0.29, 0.717) is 11.8 Å². The first kappa shape index (κ1) is 11.7. The van der Waals surface area contributed by atoms with E-state index in [-0.39, 0.29) is 6.10 Å². The zero-order valence-corrected chi connectivity index (χ0v) is 10.9. The predicted octanol–water partition coefficient (Wildman–Crippen LogP) is 2.97. The number of fused-ring (bicyclic) bond motifs is 3. The Kier molecular flexibility index (Phi) is 2.83. The molecule has 1 N–H and O–H groups in total. The molecule has 0 aromatic heterocycles. The Bertz CT molecular complexity index is 325. The average molecular weight is 236 g/mol. The van der Waals surface area contributed by atoms with Crippen LogP contribution < -0.4 is 0 Å². The molecule has 0 spiro atoms. The highest BCUT2D eigenvalue weighted by Crippen LogP contribution is 2.53. The molecule has 1 aliphatic heterocycles. The molecule has 7 atom stereocenters. The van der Waals surface area contributed by atoms with Crippen molar-refractivity contribution in [2.45, 2.75) is 51.9 Å². The minimum atomic E-state index is -0.702. The van der Waals surface area contributed by atoms with Crippen LogP contribution in [0, 0.1) is 29.6 Å². The van der Waals surface area contributed by atoms with Gasteiger partial charge in [0.05, 0.1) is 6.10 Å². The van der Waals surface area contributed by atoms with Crippen molar-refractivity contribution in [3.63, 3.8) is 0 Å². The molecule has 96 valence electrons. The van der Waals surface area contributed by atoms with E-state index in [1.807, 2.05) is 0 Å². The highest BCUT2D eigenvalue weighted by atomic mass is 16.6. The Morgan fingerprint density at radius 3 is 2.59 bits per heavy atom. The first-order chi connectivity index (χ1) is 8.09. The normalized spacial score (nSPS) is 54.3. The molecule has 0 amide bonds. The third kappa shape index (κ3) is 1.68. The van der Waals surface area contributed by atoms with Gasteiger partial charge in [0.1, 0.15) is 0 Å². The van der Waals surface area contributed by atoms with Gasteiger partial charge in [0.25, 0.3) is 0 Å². The zero-order chi connectivity index (χ0) is 12.2. The number of rotatable bonds is 0. The summed E-state index contributed by atoms with van der Waals surface area (Å²) in [6, 6.07) is 0. The molecule has 0 aromatic rings. The van der Waals surface area contributed by atoms with E-state index in [9.17, 15) is 5.11 Å². The van der Waals surface area contributed by atoms with E-state index in [2.05, 4.69) is 20.4 Å². The lowest BCUT2D eigenvalue weighted by atomic mass is 9.78. The van der Waals surface area contributed by atoms with E-state index >= 15 is 0 Å². The molecule has 3 rings (SSSR count). The summed E-state index contributed by atoms with van der Waals surface area (Å²) in [4.78, 5) is 0. The van der Waals surface area contributed by atoms with Crippen LogP contribution >= 0.6 is 0 Å². The first-order valence-corrected chi connectivity index (χ1v) is 7.11. The largest absolute Gasteiger partial charge is 0.364 e. The summed E-state index contributed by atoms with van der Waals surface area (Å²) in [6.07, 6.45) is 4.64. The fourth-order valence-electron chi connectivity index (χ4n) is 4.58. The average Bonchev–Trinajstić information content (AvgIpc) is 2.75. The third-order valence-corrected chi connectivity index (χ3v) is 5.63. The van der Waals surface area contributed by atoms with E-state index in [1.165, 1.54) is 19.3 Å². The van der Waals surface area contributed by atoms with Gasteiger partial charge in [-0.2, -0.15) is 0 Å². The number of aliphatic hydroxyl groups excluding tert-OH is 1. The van der Waals surface area contributed by atoms with Gasteiger partial charge in [-0.25, -0.2) is 0 Å². The van der Waals surface area contributed by atoms with Crippen LogP contribution in [0.15, 0.2) is 12.2 Å². The van der Waals surface area contributed by atoms with Crippen LogP contribution in [0.25, 0.3) is 0 Å². The zero-order valence-electron chi connectivity index (χ0n) is 10.9. The second-order valence-corrected chi connectivity index (χ2v) is 6.48. The van der Waals surface area contributed by atoms with E-state index in [4.69, 9.17) is 4.74 Å². The molecule has 7 unspecified atom stereocenters. The fraction of sp³-hybridized carbons (Fsp3) is 0.867. The maximum atomic E-state index is 9.87. The van der Waals surface area contributed by atoms with Gasteiger partial charge in [-0.3, -0.25) is 0 Å². The quantitative estimate of drug-likeness (QED) is 0.655. The monoisotopic (exact) mass is 236 g/mol. The van der Waals surface area contributed by atoms with Crippen molar-refractivity contribution in [2.75, 3.05) is 0 Å². The Hall–Kier alpha value is -0.340. The lowest BCUT2D eigenvalue weighted by molar-refractivity contribution is -0.108. The molecular formula is C15H24O2. The van der Waals surface area contributed by atoms with Crippen molar-refractivity contribution < 1.29 is 9.84 Å². The van der Waals surface area contributed by atoms with Crippen LogP contribution in [-0.4, -0.2) is 17.5 Å². The smallest absolute Gasteiger partial charge is 0.177 e. The van der Waals surface area contributed by atoms with Crippen molar-refractivity contribution in [3.8, 4) is 0 Å². The van der Waals surface area contributed by atoms with E-state index < -0.39 is 6.29 Å². The molecule has 3 fully saturated rings. The summed E-state index contributed by atoms with van der Waals surface area (Å²) in [5.41, 5.74) is 0.932. The molecule has 3 aliphatic rings. The minimum Gasteiger partial charge on any atom is -0.364 e. The molecule has 2 heteroatoms. The van der Waals surface area contributed by atoms with Crippen LogP contribution in [0.3, 0.4) is 0 Å². The second kappa shape index (κ2) is 4.10. The van der Waals surface area contributed by atoms with Crippen LogP contribution in [0.5, 0.6) is 0 Å². The Labute approximate surface area is 104 Å². The van der Waals surface area contributed by atoms with Crippen LogP contribution in [0.1, 0.15) is 39.5 Å². The summed E-state index contributed by atoms with van der Waals surface area (Å²) in [5, 5.41) is 9.87. The van der Waals surface area contributed by atoms with Crippen LogP contribution in [0.2, 0.25) is 0 Å². The van der Waals surface area contributed by atoms with Crippen molar-refractivity contribution in [2.24, 2.45) is 29.6 Å². The third-order valence-electron chi connectivity index (χ3n) is 5.63.